The Bertz CT molecular complexity index is 2430. The van der Waals surface area contributed by atoms with Gasteiger partial charge in [-0.3, -0.25) is 14.4 Å². The second-order valence-corrected chi connectivity index (χ2v) is 14.3. The van der Waals surface area contributed by atoms with Crippen LogP contribution in [0.1, 0.15) is 52.1 Å². The molecule has 0 fully saturated rings. The maximum atomic E-state index is 13.9. The molecule has 1 unspecified atom stereocenters. The number of anilines is 2. The molecule has 0 radical (unpaired) electrons. The number of aromatic nitrogens is 1. The lowest BCUT2D eigenvalue weighted by atomic mass is 10.0. The fourth-order valence-corrected chi connectivity index (χ4v) is 6.95. The highest BCUT2D eigenvalue weighted by atomic mass is 32.2. The lowest BCUT2D eigenvalue weighted by molar-refractivity contribution is -0.116. The molecule has 0 saturated heterocycles. The Morgan fingerprint density at radius 3 is 2.07 bits per heavy atom. The standard InChI is InChI=1S/C46H38N4O4S/c1-30(2)32-22-20-31(21-23-32)28-40(49-43(51)34-14-7-4-8-15-34)44(52)48-37-16-11-17-38(29-37)55-42(33-12-5-3-6-13-33)45(53)47-36-26-24-35(25-27-36)46-50-39-18-9-10-19-41(39)54-46/h3-30,42H,1-2H3,(H,47,53)(H,48,52)(H,49,51)/b40-28+. The third kappa shape index (κ3) is 9.27. The topological polar surface area (TPSA) is 113 Å². The van der Waals surface area contributed by atoms with Gasteiger partial charge in [0, 0.05) is 27.4 Å². The van der Waals surface area contributed by atoms with Crippen LogP contribution in [0, 0.1) is 0 Å². The number of rotatable bonds is 12. The minimum Gasteiger partial charge on any atom is -0.436 e. The third-order valence-corrected chi connectivity index (χ3v) is 10.1. The molecular weight excluding hydrogens is 705 g/mol. The van der Waals surface area contributed by atoms with Crippen LogP contribution in [0.15, 0.2) is 173 Å². The summed E-state index contributed by atoms with van der Waals surface area (Å²) in [5, 5.41) is 8.21. The molecule has 272 valence electrons. The Balaban J connectivity index is 1.09. The number of benzene rings is 6. The van der Waals surface area contributed by atoms with Crippen molar-refractivity contribution in [2.24, 2.45) is 0 Å². The monoisotopic (exact) mass is 742 g/mol. The first-order chi connectivity index (χ1) is 26.8. The maximum Gasteiger partial charge on any atom is 0.272 e. The average molecular weight is 743 g/mol. The minimum absolute atomic E-state index is 0.0906. The molecule has 3 amide bonds. The second-order valence-electron chi connectivity index (χ2n) is 13.1. The molecule has 0 saturated carbocycles. The van der Waals surface area contributed by atoms with Crippen molar-refractivity contribution < 1.29 is 18.8 Å². The van der Waals surface area contributed by atoms with Crippen LogP contribution in [0.5, 0.6) is 0 Å². The molecule has 9 heteroatoms. The normalized spacial score (nSPS) is 11.9. The van der Waals surface area contributed by atoms with Crippen LogP contribution < -0.4 is 16.0 Å². The molecule has 0 aliphatic heterocycles. The molecule has 3 N–H and O–H groups in total. The summed E-state index contributed by atoms with van der Waals surface area (Å²) in [5.41, 5.74) is 6.69. The van der Waals surface area contributed by atoms with Gasteiger partial charge in [-0.2, -0.15) is 0 Å². The van der Waals surface area contributed by atoms with Crippen LogP contribution in [0.25, 0.3) is 28.6 Å². The number of thioether (sulfide) groups is 1. The molecule has 1 atom stereocenters. The Morgan fingerprint density at radius 1 is 0.673 bits per heavy atom. The number of hydrogen-bond acceptors (Lipinski definition) is 6. The van der Waals surface area contributed by atoms with Gasteiger partial charge < -0.3 is 20.4 Å². The third-order valence-electron chi connectivity index (χ3n) is 8.82. The highest BCUT2D eigenvalue weighted by molar-refractivity contribution is 8.00. The highest BCUT2D eigenvalue weighted by Crippen LogP contribution is 2.37. The van der Waals surface area contributed by atoms with Gasteiger partial charge in [-0.15, -0.1) is 11.8 Å². The van der Waals surface area contributed by atoms with Crippen molar-refractivity contribution in [3.8, 4) is 11.5 Å². The molecule has 0 bridgehead atoms. The number of nitrogens with zero attached hydrogens (tertiary/aromatic N) is 1. The molecule has 8 nitrogen and oxygen atoms in total. The number of carbonyl (C=O) groups excluding carboxylic acids is 3. The van der Waals surface area contributed by atoms with Crippen molar-refractivity contribution in [1.29, 1.82) is 0 Å². The van der Waals surface area contributed by atoms with Crippen molar-refractivity contribution in [1.82, 2.24) is 10.3 Å². The predicted molar refractivity (Wildman–Crippen MR) is 221 cm³/mol. The van der Waals surface area contributed by atoms with E-state index >= 15 is 0 Å². The number of fused-ring (bicyclic) bond motifs is 1. The van der Waals surface area contributed by atoms with Crippen LogP contribution in [-0.4, -0.2) is 22.7 Å². The van der Waals surface area contributed by atoms with Crippen molar-refractivity contribution in [3.05, 3.63) is 186 Å². The van der Waals surface area contributed by atoms with E-state index in [9.17, 15) is 14.4 Å². The summed E-state index contributed by atoms with van der Waals surface area (Å²) < 4.78 is 5.91. The van der Waals surface area contributed by atoms with E-state index in [0.717, 1.165) is 27.1 Å². The lowest BCUT2D eigenvalue weighted by Gasteiger charge is -2.18. The summed E-state index contributed by atoms with van der Waals surface area (Å²) >= 11 is 1.36. The van der Waals surface area contributed by atoms with Gasteiger partial charge in [0.2, 0.25) is 11.8 Å². The van der Waals surface area contributed by atoms with E-state index in [1.54, 1.807) is 36.4 Å². The van der Waals surface area contributed by atoms with Gasteiger partial charge in [-0.05, 0) is 95.4 Å². The van der Waals surface area contributed by atoms with Gasteiger partial charge in [0.25, 0.3) is 11.8 Å². The first kappa shape index (κ1) is 36.6. The Kier molecular flexibility index (Phi) is 11.3. The molecule has 0 aliphatic carbocycles. The summed E-state index contributed by atoms with van der Waals surface area (Å²) in [7, 11) is 0. The zero-order chi connectivity index (χ0) is 38.1. The number of hydrogen-bond donors (Lipinski definition) is 3. The summed E-state index contributed by atoms with van der Waals surface area (Å²) in [6.07, 6.45) is 1.66. The van der Waals surface area contributed by atoms with Gasteiger partial charge in [0.05, 0.1) is 0 Å². The van der Waals surface area contributed by atoms with Crippen LogP contribution >= 0.6 is 11.8 Å². The first-order valence-corrected chi connectivity index (χ1v) is 18.7. The fourth-order valence-electron chi connectivity index (χ4n) is 5.87. The molecular formula is C46H38N4O4S. The first-order valence-electron chi connectivity index (χ1n) is 17.9. The zero-order valence-electron chi connectivity index (χ0n) is 30.2. The summed E-state index contributed by atoms with van der Waals surface area (Å²) in [6, 6.07) is 48.4. The molecule has 6 aromatic carbocycles. The number of carbonyl (C=O) groups is 3. The van der Waals surface area contributed by atoms with E-state index in [0.29, 0.717) is 34.3 Å². The summed E-state index contributed by atoms with van der Waals surface area (Å²) in [5.74, 6) is -0.238. The number of nitrogens with one attached hydrogen (secondary N) is 3. The SMILES string of the molecule is CC(C)c1ccc(/C=C(/NC(=O)c2ccccc2)C(=O)Nc2cccc(SC(C(=O)Nc3ccc(-c4nc5ccccc5o4)cc3)c3ccccc3)c2)cc1. The molecule has 7 aromatic rings. The van der Waals surface area contributed by atoms with E-state index in [4.69, 9.17) is 4.42 Å². The van der Waals surface area contributed by atoms with Gasteiger partial charge in [-0.25, -0.2) is 4.98 Å². The molecule has 7 rings (SSSR count). The largest absolute Gasteiger partial charge is 0.436 e. The van der Waals surface area contributed by atoms with E-state index in [2.05, 4.69) is 34.8 Å². The molecule has 0 aliphatic rings. The molecule has 1 aromatic heterocycles. The van der Waals surface area contributed by atoms with Crippen molar-refractivity contribution in [3.63, 3.8) is 0 Å². The van der Waals surface area contributed by atoms with Crippen LogP contribution in [-0.2, 0) is 9.59 Å². The van der Waals surface area contributed by atoms with E-state index < -0.39 is 17.1 Å². The molecule has 1 heterocycles. The lowest BCUT2D eigenvalue weighted by Crippen LogP contribution is -2.30. The summed E-state index contributed by atoms with van der Waals surface area (Å²) in [6.45, 7) is 4.23. The van der Waals surface area contributed by atoms with Crippen LogP contribution in [0.2, 0.25) is 0 Å². The van der Waals surface area contributed by atoms with E-state index in [-0.39, 0.29) is 11.6 Å². The number of para-hydroxylation sites is 2. The van der Waals surface area contributed by atoms with Gasteiger partial charge in [-0.1, -0.05) is 105 Å². The zero-order valence-corrected chi connectivity index (χ0v) is 31.0. The minimum atomic E-state index is -0.613. The van der Waals surface area contributed by atoms with Gasteiger partial charge >= 0.3 is 0 Å². The van der Waals surface area contributed by atoms with Crippen molar-refractivity contribution in [2.45, 2.75) is 29.9 Å². The summed E-state index contributed by atoms with van der Waals surface area (Å²) in [4.78, 5) is 46.2. The Hall–Kier alpha value is -6.71. The van der Waals surface area contributed by atoms with E-state index in [1.165, 1.54) is 17.3 Å². The average Bonchev–Trinajstić information content (AvgIpc) is 3.65. The number of amides is 3. The second kappa shape index (κ2) is 17.0. The highest BCUT2D eigenvalue weighted by Gasteiger charge is 2.23. The fraction of sp³-hybridized carbons (Fsp3) is 0.0870. The van der Waals surface area contributed by atoms with Crippen molar-refractivity contribution >= 4 is 58.0 Å². The quantitative estimate of drug-likeness (QED) is 0.0848. The molecule has 55 heavy (non-hydrogen) atoms. The maximum absolute atomic E-state index is 13.9. The van der Waals surface area contributed by atoms with Gasteiger partial charge in [0.15, 0.2) is 5.58 Å². The number of oxazole rings is 1. The van der Waals surface area contributed by atoms with Crippen LogP contribution in [0.4, 0.5) is 11.4 Å². The van der Waals surface area contributed by atoms with Crippen molar-refractivity contribution in [2.75, 3.05) is 10.6 Å². The van der Waals surface area contributed by atoms with Gasteiger partial charge in [0.1, 0.15) is 16.5 Å². The Labute approximate surface area is 323 Å². The predicted octanol–water partition coefficient (Wildman–Crippen LogP) is 10.5. The molecule has 0 spiro atoms. The smallest absolute Gasteiger partial charge is 0.272 e. The van der Waals surface area contributed by atoms with E-state index in [1.807, 2.05) is 127 Å². The Morgan fingerprint density at radius 2 is 1.36 bits per heavy atom. The van der Waals surface area contributed by atoms with Crippen LogP contribution in [0.3, 0.4) is 0 Å².